The van der Waals surface area contributed by atoms with E-state index >= 15 is 0 Å². The molecule has 0 saturated heterocycles. The number of aliphatic imine (C=N–C) groups is 1. The Morgan fingerprint density at radius 1 is 0.509 bits per heavy atom. The smallest absolute Gasteiger partial charge is 0.0714 e. The first kappa shape index (κ1) is 29.8. The van der Waals surface area contributed by atoms with E-state index in [0.29, 0.717) is 0 Å². The van der Waals surface area contributed by atoms with E-state index < -0.39 is 0 Å². The molecule has 53 heavy (non-hydrogen) atoms. The summed E-state index contributed by atoms with van der Waals surface area (Å²) in [7, 11) is 0. The molecule has 0 spiro atoms. The lowest BCUT2D eigenvalue weighted by atomic mass is 9.85. The van der Waals surface area contributed by atoms with E-state index in [1.807, 2.05) is 37.5 Å². The number of pyridine rings is 1. The van der Waals surface area contributed by atoms with Gasteiger partial charge in [0.25, 0.3) is 0 Å². The Labute approximate surface area is 306 Å². The Morgan fingerprint density at radius 2 is 1.19 bits per heavy atom. The minimum absolute atomic E-state index is 0.853. The molecule has 0 amide bonds. The molecule has 0 saturated carbocycles. The summed E-state index contributed by atoms with van der Waals surface area (Å²) in [5, 5.41) is 19.8. The average Bonchev–Trinajstić information content (AvgIpc) is 3.72. The van der Waals surface area contributed by atoms with Gasteiger partial charge in [0.15, 0.2) is 0 Å². The van der Waals surface area contributed by atoms with E-state index in [2.05, 4.69) is 140 Å². The number of allylic oxidation sites excluding steroid dienone is 2. The van der Waals surface area contributed by atoms with Crippen LogP contribution in [0.2, 0.25) is 0 Å². The van der Waals surface area contributed by atoms with E-state index in [0.717, 1.165) is 27.9 Å². The zero-order valence-electron chi connectivity index (χ0n) is 29.2. The highest BCUT2D eigenvalue weighted by Gasteiger charge is 2.27. The van der Waals surface area contributed by atoms with Crippen molar-refractivity contribution in [3.63, 3.8) is 0 Å². The maximum Gasteiger partial charge on any atom is 0.0714 e. The number of nitrogens with zero attached hydrogens (tertiary/aromatic N) is 2. The minimum atomic E-state index is 0.853. The van der Waals surface area contributed by atoms with Gasteiger partial charge in [-0.3, -0.25) is 9.98 Å². The van der Waals surface area contributed by atoms with Crippen molar-refractivity contribution in [2.75, 3.05) is 0 Å². The number of fused-ring (bicyclic) bond motifs is 10. The van der Waals surface area contributed by atoms with Gasteiger partial charge in [-0.05, 0) is 124 Å². The lowest BCUT2D eigenvalue weighted by Gasteiger charge is -2.18. The molecule has 0 fully saturated rings. The van der Waals surface area contributed by atoms with E-state index in [4.69, 9.17) is 9.98 Å². The van der Waals surface area contributed by atoms with Crippen molar-refractivity contribution in [3.8, 4) is 22.4 Å². The van der Waals surface area contributed by atoms with Gasteiger partial charge in [0.1, 0.15) is 0 Å². The number of rotatable bonds is 5. The van der Waals surface area contributed by atoms with Gasteiger partial charge in [-0.2, -0.15) is 0 Å². The van der Waals surface area contributed by atoms with Crippen LogP contribution < -0.4 is 0 Å². The molecule has 0 bridgehead atoms. The Morgan fingerprint density at radius 3 is 1.94 bits per heavy atom. The van der Waals surface area contributed by atoms with Crippen molar-refractivity contribution < 1.29 is 0 Å². The van der Waals surface area contributed by atoms with Crippen molar-refractivity contribution >= 4 is 91.9 Å². The third-order valence-corrected chi connectivity index (χ3v) is 11.3. The van der Waals surface area contributed by atoms with Crippen LogP contribution in [0, 0.1) is 0 Å². The summed E-state index contributed by atoms with van der Waals surface area (Å²) in [5.74, 6) is 0. The monoisotopic (exact) mass is 672 g/mol. The number of benzene rings is 8. The highest BCUT2D eigenvalue weighted by atomic mass is 14.7. The Bertz CT molecular complexity index is 3330. The predicted molar refractivity (Wildman–Crippen MR) is 229 cm³/mol. The van der Waals surface area contributed by atoms with Gasteiger partial charge in [0.2, 0.25) is 0 Å². The first-order valence-corrected chi connectivity index (χ1v) is 18.2. The zero-order chi connectivity index (χ0) is 35.2. The third kappa shape index (κ3) is 4.09. The van der Waals surface area contributed by atoms with Gasteiger partial charge < -0.3 is 0 Å². The van der Waals surface area contributed by atoms with Crippen LogP contribution in [-0.4, -0.2) is 10.7 Å². The summed E-state index contributed by atoms with van der Waals surface area (Å²) in [6.45, 7) is 6.37. The predicted octanol–water partition coefficient (Wildman–Crippen LogP) is 14.0. The standard InChI is InChI=1S/C51H32N2/c1-3-25-52-43(4-2)48-42-29-40-35-17-9-8-16-34(35)37-19-13-20-38(45(37)40)47(42)51(44-22-10-11-26-53-44)50-41-28-32-27-31(30-14-6-5-7-15-30)23-24-33(32)36-18-12-21-39(46(36)41)49(48)50/h3-29H,2H2,1H3/b25-3-,52-43?. The summed E-state index contributed by atoms with van der Waals surface area (Å²) >= 11 is 0. The van der Waals surface area contributed by atoms with Gasteiger partial charge >= 0.3 is 0 Å². The van der Waals surface area contributed by atoms with Crippen molar-refractivity contribution in [2.24, 2.45) is 4.99 Å². The summed E-state index contributed by atoms with van der Waals surface area (Å²) in [6, 6.07) is 51.1. The molecule has 0 atom stereocenters. The lowest BCUT2D eigenvalue weighted by Crippen LogP contribution is -2.01. The third-order valence-electron chi connectivity index (χ3n) is 11.3. The van der Waals surface area contributed by atoms with Crippen LogP contribution in [-0.2, 0) is 0 Å². The SMILES string of the molecule is C=CC(=N/C=C\C)c1c2cc3c4ccccc4c4cccc(c2c(-c2ccccn2)c2c5cc6cc(-c7ccccc7)ccc6c6cccc(c12)c65)c43. The topological polar surface area (TPSA) is 25.2 Å². The van der Waals surface area contributed by atoms with Crippen LogP contribution in [0.15, 0.2) is 176 Å². The second-order valence-electron chi connectivity index (χ2n) is 14.0. The van der Waals surface area contributed by atoms with Gasteiger partial charge in [0, 0.05) is 39.7 Å². The fourth-order valence-electron chi connectivity index (χ4n) is 9.23. The van der Waals surface area contributed by atoms with Crippen molar-refractivity contribution in [3.05, 3.63) is 176 Å². The highest BCUT2D eigenvalue weighted by Crippen LogP contribution is 2.53. The molecule has 1 heterocycles. The van der Waals surface area contributed by atoms with Crippen LogP contribution in [0.4, 0.5) is 0 Å². The first-order chi connectivity index (χ1) is 26.2. The normalized spacial score (nSPS) is 12.7. The molecule has 0 aliphatic heterocycles. The molecule has 0 aliphatic rings. The maximum absolute atomic E-state index is 5.11. The molecule has 0 radical (unpaired) electrons. The van der Waals surface area contributed by atoms with Crippen molar-refractivity contribution in [1.29, 1.82) is 0 Å². The number of aromatic nitrogens is 1. The number of hydrogen-bond donors (Lipinski definition) is 0. The van der Waals surface area contributed by atoms with Crippen LogP contribution in [0.3, 0.4) is 0 Å². The largest absolute Gasteiger partial charge is 0.257 e. The average molecular weight is 673 g/mol. The summed E-state index contributed by atoms with van der Waals surface area (Å²) < 4.78 is 0. The number of hydrogen-bond acceptors (Lipinski definition) is 2. The maximum atomic E-state index is 5.11. The van der Waals surface area contributed by atoms with Crippen LogP contribution in [0.1, 0.15) is 12.5 Å². The lowest BCUT2D eigenvalue weighted by molar-refractivity contribution is 1.34. The molecular weight excluding hydrogens is 641 g/mol. The molecule has 0 unspecified atom stereocenters. The van der Waals surface area contributed by atoms with E-state index in [-0.39, 0.29) is 0 Å². The van der Waals surface area contributed by atoms with Crippen LogP contribution in [0.5, 0.6) is 0 Å². The highest BCUT2D eigenvalue weighted by molar-refractivity contribution is 6.47. The molecule has 11 rings (SSSR count). The van der Waals surface area contributed by atoms with Gasteiger partial charge in [-0.15, -0.1) is 0 Å². The molecule has 11 aromatic rings. The second-order valence-corrected chi connectivity index (χ2v) is 14.0. The van der Waals surface area contributed by atoms with Gasteiger partial charge in [-0.1, -0.05) is 122 Å². The van der Waals surface area contributed by atoms with Crippen LogP contribution >= 0.6 is 0 Å². The molecule has 2 heteroatoms. The summed E-state index contributed by atoms with van der Waals surface area (Å²) in [5.41, 5.74) is 6.49. The van der Waals surface area contributed by atoms with E-state index in [1.54, 1.807) is 0 Å². The molecule has 2 nitrogen and oxygen atoms in total. The molecule has 0 N–H and O–H groups in total. The molecule has 10 aromatic carbocycles. The van der Waals surface area contributed by atoms with Crippen molar-refractivity contribution in [1.82, 2.24) is 4.98 Å². The minimum Gasteiger partial charge on any atom is -0.257 e. The second kappa shape index (κ2) is 11.3. The quantitative estimate of drug-likeness (QED) is 0.132. The molecular formula is C51H32N2. The first-order valence-electron chi connectivity index (χ1n) is 18.2. The molecule has 1 aromatic heterocycles. The van der Waals surface area contributed by atoms with E-state index in [1.165, 1.54) is 91.9 Å². The molecule has 246 valence electrons. The Kier molecular flexibility index (Phi) is 6.35. The summed E-state index contributed by atoms with van der Waals surface area (Å²) in [6.07, 6.45) is 7.72. The van der Waals surface area contributed by atoms with Gasteiger partial charge in [0.05, 0.1) is 11.4 Å². The van der Waals surface area contributed by atoms with Crippen molar-refractivity contribution in [2.45, 2.75) is 6.92 Å². The van der Waals surface area contributed by atoms with E-state index in [9.17, 15) is 0 Å². The zero-order valence-corrected chi connectivity index (χ0v) is 29.2. The Hall–Kier alpha value is -6.90. The Balaban J connectivity index is 1.45. The van der Waals surface area contributed by atoms with Crippen LogP contribution in [0.25, 0.3) is 109 Å². The fourth-order valence-corrected chi connectivity index (χ4v) is 9.23. The molecule has 0 aliphatic carbocycles. The van der Waals surface area contributed by atoms with Gasteiger partial charge in [-0.25, -0.2) is 0 Å². The fraction of sp³-hybridized carbons (Fsp3) is 0.0196. The summed E-state index contributed by atoms with van der Waals surface area (Å²) in [4.78, 5) is 10.2.